The highest BCUT2D eigenvalue weighted by Crippen LogP contribution is 2.21. The Balaban J connectivity index is 1.90. The summed E-state index contributed by atoms with van der Waals surface area (Å²) in [6.45, 7) is 6.07. The van der Waals surface area contributed by atoms with Gasteiger partial charge in [0.1, 0.15) is 11.8 Å². The maximum atomic E-state index is 13.6. The second-order valence-electron chi connectivity index (χ2n) is 8.92. The van der Waals surface area contributed by atoms with Gasteiger partial charge in [0.2, 0.25) is 5.91 Å². The summed E-state index contributed by atoms with van der Waals surface area (Å²) < 4.78 is 5.84. The third-order valence-electron chi connectivity index (χ3n) is 6.26. The summed E-state index contributed by atoms with van der Waals surface area (Å²) in [7, 11) is 0. The number of carbonyl (C=O) groups is 2. The molecule has 0 aliphatic carbocycles. The van der Waals surface area contributed by atoms with Gasteiger partial charge in [-0.05, 0) is 54.7 Å². The molecule has 6 heteroatoms. The molecular weight excluding hydrogens is 472 g/mol. The summed E-state index contributed by atoms with van der Waals surface area (Å²) in [5.41, 5.74) is 2.93. The Kier molecular flexibility index (Phi) is 10.4. The molecule has 2 atom stereocenters. The van der Waals surface area contributed by atoms with E-state index >= 15 is 0 Å². The highest BCUT2D eigenvalue weighted by Gasteiger charge is 2.31. The predicted octanol–water partition coefficient (Wildman–Crippen LogP) is 5.84. The van der Waals surface area contributed by atoms with Crippen molar-refractivity contribution in [2.45, 2.75) is 58.7 Å². The lowest BCUT2D eigenvalue weighted by Crippen LogP contribution is -2.53. The lowest BCUT2D eigenvalue weighted by Gasteiger charge is -2.32. The van der Waals surface area contributed by atoms with Crippen molar-refractivity contribution in [3.63, 3.8) is 0 Å². The number of carbonyl (C=O) groups excluding carboxylic acids is 2. The normalized spacial score (nSPS) is 12.4. The quantitative estimate of drug-likeness (QED) is 0.336. The standard InChI is InChI=1S/C30H35ClN2O3/c1-4-22(3)32-30(35)28(19-24-11-7-6-8-12-24)33(20-25-13-9-10-14-27(25)31)29(34)21-36-26-17-15-23(5-2)16-18-26/h6-18,22,28H,4-5,19-21H2,1-3H3,(H,32,35)/t22-,28-/m0/s1. The molecule has 3 aromatic carbocycles. The summed E-state index contributed by atoms with van der Waals surface area (Å²) in [5.74, 6) is 0.137. The molecule has 3 rings (SSSR count). The number of nitrogens with zero attached hydrogens (tertiary/aromatic N) is 1. The van der Waals surface area contributed by atoms with E-state index in [1.165, 1.54) is 5.56 Å². The molecule has 0 fully saturated rings. The molecule has 0 radical (unpaired) electrons. The summed E-state index contributed by atoms with van der Waals surface area (Å²) in [6, 6.07) is 24.1. The van der Waals surface area contributed by atoms with Crippen LogP contribution in [0.3, 0.4) is 0 Å². The third-order valence-corrected chi connectivity index (χ3v) is 6.63. The number of hydrogen-bond acceptors (Lipinski definition) is 3. The van der Waals surface area contributed by atoms with Crippen LogP contribution in [0.25, 0.3) is 0 Å². The topological polar surface area (TPSA) is 58.6 Å². The zero-order chi connectivity index (χ0) is 25.9. The van der Waals surface area contributed by atoms with Crippen LogP contribution in [0.2, 0.25) is 5.02 Å². The van der Waals surface area contributed by atoms with Gasteiger partial charge in [-0.25, -0.2) is 0 Å². The van der Waals surface area contributed by atoms with E-state index in [2.05, 4.69) is 12.2 Å². The molecule has 3 aromatic rings. The van der Waals surface area contributed by atoms with Gasteiger partial charge < -0.3 is 15.0 Å². The SMILES string of the molecule is CCc1ccc(OCC(=O)N(Cc2ccccc2Cl)[C@@H](Cc2ccccc2)C(=O)N[C@@H](C)CC)cc1. The molecule has 0 aromatic heterocycles. The smallest absolute Gasteiger partial charge is 0.261 e. The molecule has 0 aliphatic heterocycles. The molecule has 0 spiro atoms. The van der Waals surface area contributed by atoms with Gasteiger partial charge in [0.25, 0.3) is 5.91 Å². The second kappa shape index (κ2) is 13.7. The fourth-order valence-corrected chi connectivity index (χ4v) is 4.05. The van der Waals surface area contributed by atoms with Crippen LogP contribution >= 0.6 is 11.6 Å². The largest absolute Gasteiger partial charge is 0.484 e. The van der Waals surface area contributed by atoms with Gasteiger partial charge in [-0.1, -0.05) is 86.1 Å². The first-order valence-corrected chi connectivity index (χ1v) is 12.9. The minimum atomic E-state index is -0.726. The molecule has 0 saturated carbocycles. The number of nitrogens with one attached hydrogen (secondary N) is 1. The van der Waals surface area contributed by atoms with E-state index in [-0.39, 0.29) is 31.0 Å². The van der Waals surface area contributed by atoms with Crippen LogP contribution in [0.5, 0.6) is 5.75 Å². The molecule has 0 aliphatic rings. The zero-order valence-electron chi connectivity index (χ0n) is 21.2. The maximum absolute atomic E-state index is 13.6. The van der Waals surface area contributed by atoms with E-state index in [4.69, 9.17) is 16.3 Å². The van der Waals surface area contributed by atoms with Crippen LogP contribution in [-0.4, -0.2) is 35.4 Å². The van der Waals surface area contributed by atoms with Crippen LogP contribution in [0.1, 0.15) is 43.9 Å². The Hall–Kier alpha value is -3.31. The average molecular weight is 507 g/mol. The molecule has 0 saturated heterocycles. The van der Waals surface area contributed by atoms with Crippen LogP contribution in [0, 0.1) is 0 Å². The second-order valence-corrected chi connectivity index (χ2v) is 9.33. The van der Waals surface area contributed by atoms with Crippen molar-refractivity contribution >= 4 is 23.4 Å². The van der Waals surface area contributed by atoms with E-state index in [9.17, 15) is 9.59 Å². The fourth-order valence-electron chi connectivity index (χ4n) is 3.85. The Morgan fingerprint density at radius 3 is 2.22 bits per heavy atom. The van der Waals surface area contributed by atoms with Gasteiger partial charge >= 0.3 is 0 Å². The van der Waals surface area contributed by atoms with Crippen molar-refractivity contribution in [1.29, 1.82) is 0 Å². The zero-order valence-corrected chi connectivity index (χ0v) is 22.0. The lowest BCUT2D eigenvalue weighted by molar-refractivity contribution is -0.143. The highest BCUT2D eigenvalue weighted by molar-refractivity contribution is 6.31. The van der Waals surface area contributed by atoms with Crippen molar-refractivity contribution < 1.29 is 14.3 Å². The van der Waals surface area contributed by atoms with E-state index < -0.39 is 6.04 Å². The molecule has 190 valence electrons. The summed E-state index contributed by atoms with van der Waals surface area (Å²) >= 11 is 6.46. The summed E-state index contributed by atoms with van der Waals surface area (Å²) in [4.78, 5) is 28.7. The minimum absolute atomic E-state index is 0.0126. The predicted molar refractivity (Wildman–Crippen MR) is 145 cm³/mol. The Morgan fingerprint density at radius 1 is 0.917 bits per heavy atom. The average Bonchev–Trinajstić information content (AvgIpc) is 2.91. The lowest BCUT2D eigenvalue weighted by atomic mass is 10.0. The molecule has 0 unspecified atom stereocenters. The molecule has 0 bridgehead atoms. The minimum Gasteiger partial charge on any atom is -0.484 e. The molecule has 36 heavy (non-hydrogen) atoms. The fraction of sp³-hybridized carbons (Fsp3) is 0.333. The Labute approximate surface area is 219 Å². The molecule has 5 nitrogen and oxygen atoms in total. The number of aryl methyl sites for hydroxylation is 1. The molecule has 1 N–H and O–H groups in total. The van der Waals surface area contributed by atoms with E-state index in [0.29, 0.717) is 17.2 Å². The van der Waals surface area contributed by atoms with Crippen molar-refractivity contribution in [3.05, 3.63) is 101 Å². The molecule has 2 amide bonds. The van der Waals surface area contributed by atoms with Crippen molar-refractivity contribution in [3.8, 4) is 5.75 Å². The van der Waals surface area contributed by atoms with Gasteiger partial charge in [0.05, 0.1) is 0 Å². The molecular formula is C30H35ClN2O3. The number of ether oxygens (including phenoxy) is 1. The number of amides is 2. The summed E-state index contributed by atoms with van der Waals surface area (Å²) in [6.07, 6.45) is 2.10. The van der Waals surface area contributed by atoms with Gasteiger partial charge in [-0.3, -0.25) is 9.59 Å². The van der Waals surface area contributed by atoms with Gasteiger partial charge in [-0.2, -0.15) is 0 Å². The third kappa shape index (κ3) is 7.85. The van der Waals surface area contributed by atoms with E-state index in [0.717, 1.165) is 24.0 Å². The maximum Gasteiger partial charge on any atom is 0.261 e. The van der Waals surface area contributed by atoms with Crippen LogP contribution < -0.4 is 10.1 Å². The van der Waals surface area contributed by atoms with E-state index in [1.807, 2.05) is 86.6 Å². The first kappa shape index (κ1) is 27.3. The van der Waals surface area contributed by atoms with Crippen molar-refractivity contribution in [2.24, 2.45) is 0 Å². The van der Waals surface area contributed by atoms with Crippen molar-refractivity contribution in [2.75, 3.05) is 6.61 Å². The first-order valence-electron chi connectivity index (χ1n) is 12.5. The monoisotopic (exact) mass is 506 g/mol. The number of rotatable bonds is 12. The first-order chi connectivity index (χ1) is 17.4. The summed E-state index contributed by atoms with van der Waals surface area (Å²) in [5, 5.41) is 3.61. The van der Waals surface area contributed by atoms with Crippen LogP contribution in [0.15, 0.2) is 78.9 Å². The number of hydrogen-bond donors (Lipinski definition) is 1. The van der Waals surface area contributed by atoms with Gasteiger partial charge in [-0.15, -0.1) is 0 Å². The number of benzene rings is 3. The van der Waals surface area contributed by atoms with Crippen LogP contribution in [-0.2, 0) is 29.0 Å². The Morgan fingerprint density at radius 2 is 1.58 bits per heavy atom. The van der Waals surface area contributed by atoms with Crippen LogP contribution in [0.4, 0.5) is 0 Å². The molecule has 0 heterocycles. The van der Waals surface area contributed by atoms with Crippen molar-refractivity contribution in [1.82, 2.24) is 10.2 Å². The highest BCUT2D eigenvalue weighted by atomic mass is 35.5. The van der Waals surface area contributed by atoms with Gasteiger partial charge in [0.15, 0.2) is 6.61 Å². The van der Waals surface area contributed by atoms with E-state index in [1.54, 1.807) is 11.0 Å². The van der Waals surface area contributed by atoms with Gasteiger partial charge in [0, 0.05) is 24.0 Å². The number of halogens is 1. The Bertz CT molecular complexity index is 1120.